The molecule has 0 saturated carbocycles. The molecule has 0 radical (unpaired) electrons. The molecule has 1 unspecified atom stereocenters. The van der Waals surface area contributed by atoms with Gasteiger partial charge in [-0.15, -0.1) is 0 Å². The lowest BCUT2D eigenvalue weighted by molar-refractivity contribution is 0.0945. The highest BCUT2D eigenvalue weighted by Gasteiger charge is 2.11. The summed E-state index contributed by atoms with van der Waals surface area (Å²) in [5.74, 6) is -0.192. The van der Waals surface area contributed by atoms with Gasteiger partial charge in [-0.2, -0.15) is 5.10 Å². The molecule has 2 rings (SSSR count). The lowest BCUT2D eigenvalue weighted by Crippen LogP contribution is -2.26. The van der Waals surface area contributed by atoms with Crippen LogP contribution in [0.4, 0.5) is 5.69 Å². The Morgan fingerprint density at radius 2 is 2.13 bits per heavy atom. The van der Waals surface area contributed by atoms with Gasteiger partial charge in [-0.1, -0.05) is 6.07 Å². The highest BCUT2D eigenvalue weighted by molar-refractivity contribution is 5.95. The average Bonchev–Trinajstić information content (AvgIpc) is 3.03. The molecule has 0 saturated heterocycles. The van der Waals surface area contributed by atoms with E-state index in [4.69, 9.17) is 5.11 Å². The summed E-state index contributed by atoms with van der Waals surface area (Å²) < 4.78 is 1.92. The predicted molar refractivity (Wildman–Crippen MR) is 90.5 cm³/mol. The summed E-state index contributed by atoms with van der Waals surface area (Å²) in [6.07, 6.45) is 3.88. The Balaban J connectivity index is 2.05. The van der Waals surface area contributed by atoms with Crippen LogP contribution in [-0.4, -0.2) is 33.9 Å². The molecule has 0 fully saturated rings. The van der Waals surface area contributed by atoms with Crippen LogP contribution in [0.2, 0.25) is 0 Å². The van der Waals surface area contributed by atoms with Gasteiger partial charge in [-0.25, -0.2) is 0 Å². The van der Waals surface area contributed by atoms with Crippen LogP contribution >= 0.6 is 0 Å². The zero-order valence-electron chi connectivity index (χ0n) is 13.8. The van der Waals surface area contributed by atoms with Crippen molar-refractivity contribution in [2.45, 2.75) is 32.9 Å². The van der Waals surface area contributed by atoms with Crippen LogP contribution in [-0.2, 0) is 0 Å². The Morgan fingerprint density at radius 1 is 1.35 bits per heavy atom. The van der Waals surface area contributed by atoms with Crippen LogP contribution in [0.3, 0.4) is 0 Å². The third-order valence-electron chi connectivity index (χ3n) is 3.56. The van der Waals surface area contributed by atoms with E-state index in [0.29, 0.717) is 11.6 Å². The van der Waals surface area contributed by atoms with E-state index in [2.05, 4.69) is 36.5 Å². The van der Waals surface area contributed by atoms with E-state index in [1.807, 2.05) is 29.2 Å². The monoisotopic (exact) mass is 316 g/mol. The topological polar surface area (TPSA) is 79.2 Å². The molecule has 1 heterocycles. The van der Waals surface area contributed by atoms with E-state index in [1.165, 1.54) is 0 Å². The normalized spacial score (nSPS) is 12.2. The summed E-state index contributed by atoms with van der Waals surface area (Å²) in [6.45, 7) is 6.41. The fourth-order valence-electron chi connectivity index (χ4n) is 2.21. The van der Waals surface area contributed by atoms with Crippen LogP contribution < -0.4 is 10.6 Å². The van der Waals surface area contributed by atoms with Crippen molar-refractivity contribution in [1.29, 1.82) is 0 Å². The number of amides is 1. The number of nitrogens with one attached hydrogen (secondary N) is 2. The van der Waals surface area contributed by atoms with Crippen molar-refractivity contribution in [3.05, 3.63) is 47.8 Å². The van der Waals surface area contributed by atoms with Gasteiger partial charge in [0.15, 0.2) is 0 Å². The zero-order valence-corrected chi connectivity index (χ0v) is 13.8. The Kier molecular flexibility index (Phi) is 5.76. The largest absolute Gasteiger partial charge is 0.395 e. The highest BCUT2D eigenvalue weighted by Crippen LogP contribution is 2.20. The molecule has 1 atom stereocenters. The van der Waals surface area contributed by atoms with E-state index < -0.39 is 0 Å². The molecule has 6 heteroatoms. The molecule has 0 aliphatic rings. The third kappa shape index (κ3) is 4.56. The Labute approximate surface area is 136 Å². The molecule has 3 N–H and O–H groups in total. The smallest absolute Gasteiger partial charge is 0.251 e. The van der Waals surface area contributed by atoms with Gasteiger partial charge in [0, 0.05) is 35.6 Å². The molecule has 6 nitrogen and oxygen atoms in total. The van der Waals surface area contributed by atoms with Gasteiger partial charge < -0.3 is 15.7 Å². The van der Waals surface area contributed by atoms with E-state index in [0.717, 1.165) is 11.3 Å². The molecule has 0 spiro atoms. The Hall–Kier alpha value is -2.34. The number of hydrogen-bond acceptors (Lipinski definition) is 4. The molecular weight excluding hydrogens is 292 g/mol. The summed E-state index contributed by atoms with van der Waals surface area (Å²) in [5.41, 5.74) is 2.52. The van der Waals surface area contributed by atoms with E-state index in [1.54, 1.807) is 12.1 Å². The predicted octanol–water partition coefficient (Wildman–Crippen LogP) is 2.36. The summed E-state index contributed by atoms with van der Waals surface area (Å²) in [5, 5.41) is 19.1. The van der Waals surface area contributed by atoms with Gasteiger partial charge in [0.1, 0.15) is 0 Å². The van der Waals surface area contributed by atoms with Gasteiger partial charge in [0.25, 0.3) is 5.91 Å². The van der Waals surface area contributed by atoms with Crippen molar-refractivity contribution in [3.8, 4) is 0 Å². The highest BCUT2D eigenvalue weighted by atomic mass is 16.3. The van der Waals surface area contributed by atoms with Crippen LogP contribution in [0.15, 0.2) is 36.7 Å². The first-order chi connectivity index (χ1) is 11.0. The molecule has 0 aliphatic carbocycles. The first-order valence-electron chi connectivity index (χ1n) is 7.81. The summed E-state index contributed by atoms with van der Waals surface area (Å²) in [6, 6.07) is 7.72. The molecule has 23 heavy (non-hydrogen) atoms. The van der Waals surface area contributed by atoms with Crippen LogP contribution in [0.25, 0.3) is 0 Å². The minimum Gasteiger partial charge on any atom is -0.395 e. The third-order valence-corrected chi connectivity index (χ3v) is 3.56. The number of hydrogen-bond donors (Lipinski definition) is 3. The van der Waals surface area contributed by atoms with E-state index >= 15 is 0 Å². The van der Waals surface area contributed by atoms with Crippen LogP contribution in [0, 0.1) is 0 Å². The fraction of sp³-hybridized carbons (Fsp3) is 0.412. The van der Waals surface area contributed by atoms with Gasteiger partial charge >= 0.3 is 0 Å². The summed E-state index contributed by atoms with van der Waals surface area (Å²) in [7, 11) is 0. The number of aliphatic hydroxyl groups excluding tert-OH is 1. The number of carbonyl (C=O) groups is 1. The van der Waals surface area contributed by atoms with Crippen molar-refractivity contribution >= 4 is 11.6 Å². The lowest BCUT2D eigenvalue weighted by Gasteiger charge is -2.14. The van der Waals surface area contributed by atoms with Crippen molar-refractivity contribution in [2.24, 2.45) is 0 Å². The number of aliphatic hydroxyl groups is 1. The van der Waals surface area contributed by atoms with Gasteiger partial charge in [0.05, 0.1) is 18.8 Å². The molecule has 124 valence electrons. The second-order valence-electron chi connectivity index (χ2n) is 5.77. The first-order valence-corrected chi connectivity index (χ1v) is 7.81. The standard InChI is InChI=1S/C17H24N4O2/c1-12(2)21-11-15(10-19-21)13(3)20-16-6-4-5-14(9-16)17(23)18-7-8-22/h4-6,9-13,20,22H,7-8H2,1-3H3,(H,18,23). The Morgan fingerprint density at radius 3 is 2.78 bits per heavy atom. The van der Waals surface area contributed by atoms with Crippen molar-refractivity contribution in [1.82, 2.24) is 15.1 Å². The maximum Gasteiger partial charge on any atom is 0.251 e. The molecular formula is C17H24N4O2. The quantitative estimate of drug-likeness (QED) is 0.732. The number of rotatable bonds is 7. The fourth-order valence-corrected chi connectivity index (χ4v) is 2.21. The maximum absolute atomic E-state index is 11.9. The lowest BCUT2D eigenvalue weighted by atomic mass is 10.1. The maximum atomic E-state index is 11.9. The average molecular weight is 316 g/mol. The van der Waals surface area contributed by atoms with Crippen molar-refractivity contribution < 1.29 is 9.90 Å². The SMILES string of the molecule is CC(Nc1cccc(C(=O)NCCO)c1)c1cnn(C(C)C)c1. The van der Waals surface area contributed by atoms with E-state index in [9.17, 15) is 4.79 Å². The molecule has 1 aromatic carbocycles. The number of carbonyl (C=O) groups excluding carboxylic acids is 1. The first kappa shape index (κ1) is 17.0. The number of anilines is 1. The molecule has 0 bridgehead atoms. The molecule has 2 aromatic rings. The second-order valence-corrected chi connectivity index (χ2v) is 5.77. The molecule has 1 amide bonds. The van der Waals surface area contributed by atoms with Crippen molar-refractivity contribution in [3.63, 3.8) is 0 Å². The minimum atomic E-state index is -0.192. The summed E-state index contributed by atoms with van der Waals surface area (Å²) >= 11 is 0. The molecule has 0 aliphatic heterocycles. The number of aromatic nitrogens is 2. The van der Waals surface area contributed by atoms with Gasteiger partial charge in [-0.3, -0.25) is 9.48 Å². The second kappa shape index (κ2) is 7.78. The minimum absolute atomic E-state index is 0.0689. The van der Waals surface area contributed by atoms with Crippen LogP contribution in [0.5, 0.6) is 0 Å². The number of nitrogens with zero attached hydrogens (tertiary/aromatic N) is 2. The van der Waals surface area contributed by atoms with Gasteiger partial charge in [-0.05, 0) is 39.0 Å². The zero-order chi connectivity index (χ0) is 16.8. The van der Waals surface area contributed by atoms with Crippen molar-refractivity contribution in [2.75, 3.05) is 18.5 Å². The number of benzene rings is 1. The van der Waals surface area contributed by atoms with Gasteiger partial charge in [0.2, 0.25) is 0 Å². The van der Waals surface area contributed by atoms with Crippen LogP contribution in [0.1, 0.15) is 48.8 Å². The Bertz CT molecular complexity index is 652. The summed E-state index contributed by atoms with van der Waals surface area (Å²) in [4.78, 5) is 11.9. The van der Waals surface area contributed by atoms with E-state index in [-0.39, 0.29) is 25.1 Å². The molecule has 1 aromatic heterocycles.